The molecule has 0 unspecified atom stereocenters. The van der Waals surface area contributed by atoms with Crippen LogP contribution in [0.15, 0.2) is 61.4 Å². The number of nitrogens with zero attached hydrogens (tertiary/aromatic N) is 3. The van der Waals surface area contributed by atoms with Crippen molar-refractivity contribution in [2.24, 2.45) is 0 Å². The number of pyridine rings is 1. The Kier molecular flexibility index (Phi) is 4.55. The first-order valence-electron chi connectivity index (χ1n) is 6.75. The largest absolute Gasteiger partial charge is 0.303 e. The van der Waals surface area contributed by atoms with Crippen molar-refractivity contribution in [1.29, 1.82) is 0 Å². The van der Waals surface area contributed by atoms with Crippen molar-refractivity contribution >= 4 is 40.8 Å². The molecule has 0 aliphatic heterocycles. The summed E-state index contributed by atoms with van der Waals surface area (Å²) >= 11 is 12.1. The van der Waals surface area contributed by atoms with Crippen LogP contribution in [0.3, 0.4) is 0 Å². The monoisotopic (exact) mass is 343 g/mol. The Balaban J connectivity index is 2.09. The van der Waals surface area contributed by atoms with E-state index in [1.807, 2.05) is 12.1 Å². The van der Waals surface area contributed by atoms with E-state index in [0.29, 0.717) is 21.3 Å². The molecule has 3 aromatic rings. The van der Waals surface area contributed by atoms with Crippen LogP contribution in [-0.4, -0.2) is 20.3 Å². The Bertz CT molecular complexity index is 859. The molecule has 3 rings (SSSR count). The van der Waals surface area contributed by atoms with E-state index < -0.39 is 0 Å². The first kappa shape index (κ1) is 15.5. The maximum absolute atomic E-state index is 12.9. The minimum Gasteiger partial charge on any atom is -0.303 e. The molecule has 23 heavy (non-hydrogen) atoms. The molecule has 0 saturated carbocycles. The van der Waals surface area contributed by atoms with E-state index in [-0.39, 0.29) is 5.78 Å². The van der Waals surface area contributed by atoms with Crippen LogP contribution in [0.5, 0.6) is 0 Å². The fourth-order valence-electron chi connectivity index (χ4n) is 2.09. The van der Waals surface area contributed by atoms with E-state index in [4.69, 9.17) is 23.2 Å². The molecule has 1 aromatic carbocycles. The van der Waals surface area contributed by atoms with Crippen molar-refractivity contribution in [2.75, 3.05) is 0 Å². The number of benzene rings is 1. The van der Waals surface area contributed by atoms with Gasteiger partial charge in [-0.15, -0.1) is 0 Å². The van der Waals surface area contributed by atoms with Crippen molar-refractivity contribution < 1.29 is 4.79 Å². The Morgan fingerprint density at radius 2 is 1.83 bits per heavy atom. The number of allylic oxidation sites excluding steroid dienone is 1. The molecule has 0 aliphatic rings. The van der Waals surface area contributed by atoms with E-state index in [1.165, 1.54) is 0 Å². The van der Waals surface area contributed by atoms with E-state index in [2.05, 4.69) is 9.97 Å². The standard InChI is InChI=1S/C17H11Cl2N3O/c18-13-1-2-14(15(19)10-13)17(23)16(22-8-7-21-11-22)9-12-3-5-20-6-4-12/h1-11H/b16-9-. The predicted octanol–water partition coefficient (Wildman–Crippen LogP) is 4.47. The number of imidazole rings is 1. The number of hydrogen-bond acceptors (Lipinski definition) is 3. The zero-order valence-electron chi connectivity index (χ0n) is 11.9. The summed E-state index contributed by atoms with van der Waals surface area (Å²) in [5, 5.41) is 0.789. The van der Waals surface area contributed by atoms with Gasteiger partial charge in [0.1, 0.15) is 0 Å². The first-order valence-corrected chi connectivity index (χ1v) is 7.50. The zero-order chi connectivity index (χ0) is 16.2. The molecule has 4 nitrogen and oxygen atoms in total. The highest BCUT2D eigenvalue weighted by Crippen LogP contribution is 2.25. The number of rotatable bonds is 4. The number of Topliss-reactive ketones (excluding diaryl/α,β-unsaturated/α-hetero) is 1. The molecule has 0 aliphatic carbocycles. The zero-order valence-corrected chi connectivity index (χ0v) is 13.4. The molecule has 0 fully saturated rings. The Morgan fingerprint density at radius 1 is 1.04 bits per heavy atom. The van der Waals surface area contributed by atoms with Crippen LogP contribution < -0.4 is 0 Å². The molecule has 6 heteroatoms. The fourth-order valence-corrected chi connectivity index (χ4v) is 2.58. The molecule has 0 N–H and O–H groups in total. The van der Waals surface area contributed by atoms with Gasteiger partial charge >= 0.3 is 0 Å². The molecule has 0 bridgehead atoms. The molecular formula is C17H11Cl2N3O. The van der Waals surface area contributed by atoms with Crippen LogP contribution in [0.2, 0.25) is 10.0 Å². The number of ketones is 1. The van der Waals surface area contributed by atoms with Crippen molar-refractivity contribution in [3.8, 4) is 0 Å². The van der Waals surface area contributed by atoms with Gasteiger partial charge in [-0.3, -0.25) is 9.78 Å². The highest BCUT2D eigenvalue weighted by molar-refractivity contribution is 6.40. The van der Waals surface area contributed by atoms with Crippen LogP contribution in [0.1, 0.15) is 15.9 Å². The van der Waals surface area contributed by atoms with Gasteiger partial charge in [-0.2, -0.15) is 0 Å². The van der Waals surface area contributed by atoms with Gasteiger partial charge in [-0.25, -0.2) is 4.98 Å². The highest BCUT2D eigenvalue weighted by Gasteiger charge is 2.17. The average molecular weight is 344 g/mol. The second-order valence-corrected chi connectivity index (χ2v) is 5.58. The summed E-state index contributed by atoms with van der Waals surface area (Å²) in [7, 11) is 0. The van der Waals surface area contributed by atoms with Gasteiger partial charge in [0.2, 0.25) is 5.78 Å². The lowest BCUT2D eigenvalue weighted by atomic mass is 10.1. The van der Waals surface area contributed by atoms with Gasteiger partial charge in [0.25, 0.3) is 0 Å². The number of carbonyl (C=O) groups is 1. The van der Waals surface area contributed by atoms with Crippen molar-refractivity contribution in [1.82, 2.24) is 14.5 Å². The van der Waals surface area contributed by atoms with E-state index in [9.17, 15) is 4.79 Å². The van der Waals surface area contributed by atoms with E-state index in [0.717, 1.165) is 5.56 Å². The molecule has 0 amide bonds. The summed E-state index contributed by atoms with van der Waals surface area (Å²) in [6.07, 6.45) is 9.96. The lowest BCUT2D eigenvalue weighted by molar-refractivity contribution is 0.105. The van der Waals surface area contributed by atoms with Crippen LogP contribution >= 0.6 is 23.2 Å². The smallest absolute Gasteiger partial charge is 0.211 e. The highest BCUT2D eigenvalue weighted by atomic mass is 35.5. The van der Waals surface area contributed by atoms with Crippen molar-refractivity contribution in [3.63, 3.8) is 0 Å². The summed E-state index contributed by atoms with van der Waals surface area (Å²) in [4.78, 5) is 20.9. The number of hydrogen-bond donors (Lipinski definition) is 0. The quantitative estimate of drug-likeness (QED) is 0.518. The van der Waals surface area contributed by atoms with Gasteiger partial charge in [-0.05, 0) is 42.0 Å². The third-order valence-corrected chi connectivity index (χ3v) is 3.75. The second kappa shape index (κ2) is 6.77. The Hall–Kier alpha value is -2.43. The van der Waals surface area contributed by atoms with Gasteiger partial charge < -0.3 is 4.57 Å². The number of carbonyl (C=O) groups excluding carboxylic acids is 1. The lowest BCUT2D eigenvalue weighted by Crippen LogP contribution is -2.08. The third-order valence-electron chi connectivity index (χ3n) is 3.20. The molecule has 0 radical (unpaired) electrons. The summed E-state index contributed by atoms with van der Waals surface area (Å²) in [6, 6.07) is 8.43. The van der Waals surface area contributed by atoms with Gasteiger partial charge in [0.05, 0.1) is 17.0 Å². The lowest BCUT2D eigenvalue weighted by Gasteiger charge is -2.10. The molecule has 2 aromatic heterocycles. The SMILES string of the molecule is O=C(/C(=C/c1ccncc1)n1ccnc1)c1ccc(Cl)cc1Cl. The molecule has 0 saturated heterocycles. The van der Waals surface area contributed by atoms with Gasteiger partial charge in [0.15, 0.2) is 0 Å². The number of aromatic nitrogens is 3. The van der Waals surface area contributed by atoms with Crippen LogP contribution in [0, 0.1) is 0 Å². The summed E-state index contributed by atoms with van der Waals surface area (Å²) < 4.78 is 1.65. The molecular weight excluding hydrogens is 333 g/mol. The van der Waals surface area contributed by atoms with Crippen molar-refractivity contribution in [3.05, 3.63) is 82.6 Å². The Labute approximate surface area is 143 Å². The molecule has 114 valence electrons. The summed E-state index contributed by atoms with van der Waals surface area (Å²) in [6.45, 7) is 0. The molecule has 0 spiro atoms. The van der Waals surface area contributed by atoms with Crippen LogP contribution in [-0.2, 0) is 0 Å². The van der Waals surface area contributed by atoms with Crippen LogP contribution in [0.4, 0.5) is 0 Å². The van der Waals surface area contributed by atoms with E-state index >= 15 is 0 Å². The first-order chi connectivity index (χ1) is 11.1. The molecule has 0 atom stereocenters. The minimum atomic E-state index is -0.221. The van der Waals surface area contributed by atoms with E-state index in [1.54, 1.807) is 60.0 Å². The number of halogens is 2. The van der Waals surface area contributed by atoms with Crippen molar-refractivity contribution in [2.45, 2.75) is 0 Å². The van der Waals surface area contributed by atoms with Gasteiger partial charge in [-0.1, -0.05) is 23.2 Å². The molecule has 2 heterocycles. The second-order valence-electron chi connectivity index (χ2n) is 4.73. The maximum Gasteiger partial charge on any atom is 0.211 e. The maximum atomic E-state index is 12.9. The summed E-state index contributed by atoms with van der Waals surface area (Å²) in [5.74, 6) is -0.221. The fraction of sp³-hybridized carbons (Fsp3) is 0. The normalized spacial score (nSPS) is 11.5. The van der Waals surface area contributed by atoms with Crippen LogP contribution in [0.25, 0.3) is 11.8 Å². The third kappa shape index (κ3) is 3.50. The topological polar surface area (TPSA) is 47.8 Å². The average Bonchev–Trinajstić information content (AvgIpc) is 3.07. The Morgan fingerprint density at radius 3 is 2.48 bits per heavy atom. The predicted molar refractivity (Wildman–Crippen MR) is 91.4 cm³/mol. The summed E-state index contributed by atoms with van der Waals surface area (Å²) in [5.41, 5.74) is 1.66. The minimum absolute atomic E-state index is 0.221. The van der Waals surface area contributed by atoms with Gasteiger partial charge in [0, 0.05) is 35.4 Å².